The Morgan fingerprint density at radius 2 is 1.75 bits per heavy atom. The third kappa shape index (κ3) is 6.98. The van der Waals surface area contributed by atoms with Gasteiger partial charge in [0.1, 0.15) is 23.1 Å². The summed E-state index contributed by atoms with van der Waals surface area (Å²) in [6.07, 6.45) is -0.964. The molecular formula is C28H37N6O5P. The molecule has 0 aliphatic rings. The van der Waals surface area contributed by atoms with Crippen LogP contribution in [0.4, 0.5) is 5.82 Å². The van der Waals surface area contributed by atoms with Crippen molar-refractivity contribution in [1.29, 1.82) is 0 Å². The van der Waals surface area contributed by atoms with Gasteiger partial charge in [0.05, 0.1) is 36.3 Å². The van der Waals surface area contributed by atoms with Crippen LogP contribution in [0.15, 0.2) is 54.6 Å². The average Bonchev–Trinajstić information content (AvgIpc) is 3.26. The first-order chi connectivity index (χ1) is 19.1. The van der Waals surface area contributed by atoms with E-state index >= 15 is 0 Å². The second-order valence-corrected chi connectivity index (χ2v) is 11.4. The normalized spacial score (nSPS) is 14.8. The van der Waals surface area contributed by atoms with Gasteiger partial charge in [0, 0.05) is 5.39 Å². The molecule has 0 saturated carbocycles. The maximum atomic E-state index is 14.1. The summed E-state index contributed by atoms with van der Waals surface area (Å²) < 4.78 is 33.3. The summed E-state index contributed by atoms with van der Waals surface area (Å²) in [4.78, 5) is 21.8. The molecular weight excluding hydrogens is 531 g/mol. The van der Waals surface area contributed by atoms with Crippen LogP contribution in [0, 0.1) is 0 Å². The number of aromatic nitrogens is 3. The first-order valence-electron chi connectivity index (χ1n) is 13.4. The maximum absolute atomic E-state index is 14.1. The molecule has 0 radical (unpaired) electrons. The molecule has 2 heterocycles. The van der Waals surface area contributed by atoms with Crippen LogP contribution in [0.5, 0.6) is 5.75 Å². The van der Waals surface area contributed by atoms with Crippen molar-refractivity contribution in [2.24, 2.45) is 0 Å². The number of para-hydroxylation sites is 2. The Kier molecular flexibility index (Phi) is 9.42. The monoisotopic (exact) mass is 568 g/mol. The minimum Gasteiger partial charge on any atom is -0.462 e. The first-order valence-corrected chi connectivity index (χ1v) is 14.9. The van der Waals surface area contributed by atoms with Crippen molar-refractivity contribution in [2.45, 2.75) is 66.0 Å². The Balaban J connectivity index is 1.68. The van der Waals surface area contributed by atoms with Gasteiger partial charge in [-0.1, -0.05) is 43.3 Å². The highest BCUT2D eigenvalue weighted by atomic mass is 31.2. The number of carbonyl (C=O) groups excluding carboxylic acids is 1. The van der Waals surface area contributed by atoms with Crippen LogP contribution < -0.4 is 20.7 Å². The van der Waals surface area contributed by atoms with Gasteiger partial charge >= 0.3 is 13.7 Å². The van der Waals surface area contributed by atoms with Gasteiger partial charge in [0.15, 0.2) is 5.82 Å². The summed E-state index contributed by atoms with van der Waals surface area (Å²) in [6.45, 7) is 10.4. The number of carbonyl (C=O) groups is 1. The molecule has 3 atom stereocenters. The molecule has 40 heavy (non-hydrogen) atoms. The van der Waals surface area contributed by atoms with E-state index in [4.69, 9.17) is 24.5 Å². The fourth-order valence-corrected chi connectivity index (χ4v) is 6.00. The van der Waals surface area contributed by atoms with E-state index in [0.717, 1.165) is 28.8 Å². The smallest absolute Gasteiger partial charge is 0.459 e. The number of fused-ring (bicyclic) bond motifs is 3. The summed E-state index contributed by atoms with van der Waals surface area (Å²) in [5.74, 6) is 0.834. The number of hydrogen-bond donors (Lipinski definition) is 3. The molecule has 4 aromatic rings. The van der Waals surface area contributed by atoms with E-state index < -0.39 is 25.9 Å². The van der Waals surface area contributed by atoms with Crippen LogP contribution in [-0.2, 0) is 31.7 Å². The van der Waals surface area contributed by atoms with Crippen LogP contribution in [0.2, 0.25) is 0 Å². The lowest BCUT2D eigenvalue weighted by atomic mass is 10.2. The van der Waals surface area contributed by atoms with Crippen LogP contribution in [-0.4, -0.2) is 45.3 Å². The van der Waals surface area contributed by atoms with Crippen molar-refractivity contribution in [2.75, 3.05) is 12.3 Å². The number of nitrogens with two attached hydrogens (primary N) is 1. The number of imidazole rings is 1. The molecule has 2 aromatic heterocycles. The quantitative estimate of drug-likeness (QED) is 0.152. The maximum Gasteiger partial charge on any atom is 0.459 e. The SMILES string of the molecule is CCNCc1nc2c(N)nc3ccccc3c2n1C[C@H](C)O[P@](=O)(N[C@H](C)C(=O)OC(C)C)Oc1ccccc1. The van der Waals surface area contributed by atoms with E-state index in [2.05, 4.69) is 15.4 Å². The summed E-state index contributed by atoms with van der Waals surface area (Å²) >= 11 is 0. The highest BCUT2D eigenvalue weighted by Crippen LogP contribution is 2.46. The van der Waals surface area contributed by atoms with Crippen molar-refractivity contribution in [3.63, 3.8) is 0 Å². The fraction of sp³-hybridized carbons (Fsp3) is 0.393. The molecule has 12 heteroatoms. The predicted octanol–water partition coefficient (Wildman–Crippen LogP) is 4.80. The van der Waals surface area contributed by atoms with E-state index in [1.165, 1.54) is 0 Å². The fourth-order valence-electron chi connectivity index (χ4n) is 4.32. The van der Waals surface area contributed by atoms with Crippen LogP contribution in [0.1, 0.15) is 40.4 Å². The number of nitrogen functional groups attached to an aromatic ring is 1. The zero-order valence-corrected chi connectivity index (χ0v) is 24.4. The topological polar surface area (TPSA) is 143 Å². The molecule has 0 bridgehead atoms. The third-order valence-electron chi connectivity index (χ3n) is 6.01. The number of hydrogen-bond acceptors (Lipinski definition) is 9. The molecule has 2 aromatic carbocycles. The molecule has 0 unspecified atom stereocenters. The van der Waals surface area contributed by atoms with E-state index in [-0.39, 0.29) is 12.6 Å². The lowest BCUT2D eigenvalue weighted by molar-refractivity contribution is -0.149. The van der Waals surface area contributed by atoms with Gasteiger partial charge in [0.2, 0.25) is 0 Å². The second kappa shape index (κ2) is 12.8. The molecule has 0 fully saturated rings. The molecule has 0 aliphatic carbocycles. The molecule has 0 aliphatic heterocycles. The number of rotatable bonds is 13. The zero-order valence-electron chi connectivity index (χ0n) is 23.5. The highest BCUT2D eigenvalue weighted by molar-refractivity contribution is 7.52. The van der Waals surface area contributed by atoms with Gasteiger partial charge in [-0.05, 0) is 52.4 Å². The van der Waals surface area contributed by atoms with Crippen molar-refractivity contribution in [3.05, 3.63) is 60.4 Å². The van der Waals surface area contributed by atoms with Crippen molar-refractivity contribution in [3.8, 4) is 5.75 Å². The summed E-state index contributed by atoms with van der Waals surface area (Å²) in [5.41, 5.74) is 8.46. The number of esters is 1. The minimum atomic E-state index is -4.06. The van der Waals surface area contributed by atoms with E-state index in [1.54, 1.807) is 52.0 Å². The third-order valence-corrected chi connectivity index (χ3v) is 7.80. The lowest BCUT2D eigenvalue weighted by Crippen LogP contribution is -2.37. The molecule has 11 nitrogen and oxygen atoms in total. The predicted molar refractivity (Wildman–Crippen MR) is 156 cm³/mol. The molecule has 0 spiro atoms. The second-order valence-electron chi connectivity index (χ2n) is 9.78. The van der Waals surface area contributed by atoms with Gasteiger partial charge in [-0.2, -0.15) is 5.09 Å². The Labute approximate surface area is 234 Å². The van der Waals surface area contributed by atoms with Crippen LogP contribution in [0.3, 0.4) is 0 Å². The number of nitrogens with zero attached hydrogens (tertiary/aromatic N) is 3. The first kappa shape index (κ1) is 29.5. The number of anilines is 1. The number of pyridine rings is 1. The minimum absolute atomic E-state index is 0.277. The highest BCUT2D eigenvalue weighted by Gasteiger charge is 2.35. The van der Waals surface area contributed by atoms with Gasteiger partial charge < -0.3 is 24.9 Å². The van der Waals surface area contributed by atoms with Crippen molar-refractivity contribution >= 4 is 41.5 Å². The van der Waals surface area contributed by atoms with Gasteiger partial charge in [-0.25, -0.2) is 14.5 Å². The van der Waals surface area contributed by atoms with E-state index in [1.807, 2.05) is 41.8 Å². The van der Waals surface area contributed by atoms with Gasteiger partial charge in [0.25, 0.3) is 0 Å². The molecule has 0 saturated heterocycles. The van der Waals surface area contributed by atoms with E-state index in [0.29, 0.717) is 23.6 Å². The summed E-state index contributed by atoms with van der Waals surface area (Å²) in [5, 5.41) is 6.95. The summed E-state index contributed by atoms with van der Waals surface area (Å²) in [7, 11) is -4.06. The standard InChI is InChI=1S/C28H37N6O5P/c1-6-30-16-24-32-25-26(22-14-10-11-15-23(22)31-27(25)29)34(24)17-19(4)38-40(36,39-21-12-8-7-9-13-21)33-20(5)28(35)37-18(2)3/h7-15,18-20,30H,6,16-17H2,1-5H3,(H2,29,31)(H,33,36)/t19-,20+,40+/m0/s1. The molecule has 0 amide bonds. The van der Waals surface area contributed by atoms with E-state index in [9.17, 15) is 9.36 Å². The lowest BCUT2D eigenvalue weighted by Gasteiger charge is -2.26. The largest absolute Gasteiger partial charge is 0.462 e. The molecule has 4 rings (SSSR count). The Hall–Kier alpha value is -3.50. The Bertz CT molecular complexity index is 1510. The number of benzene rings is 2. The van der Waals surface area contributed by atoms with Crippen molar-refractivity contribution < 1.29 is 23.1 Å². The average molecular weight is 569 g/mol. The van der Waals surface area contributed by atoms with Gasteiger partial charge in [-0.3, -0.25) is 9.32 Å². The Morgan fingerprint density at radius 1 is 1.05 bits per heavy atom. The number of nitrogens with one attached hydrogen (secondary N) is 2. The summed E-state index contributed by atoms with van der Waals surface area (Å²) in [6, 6.07) is 15.4. The van der Waals surface area contributed by atoms with Gasteiger partial charge in [-0.15, -0.1) is 0 Å². The van der Waals surface area contributed by atoms with Crippen LogP contribution in [0.25, 0.3) is 21.9 Å². The Morgan fingerprint density at radius 3 is 2.45 bits per heavy atom. The van der Waals surface area contributed by atoms with Crippen LogP contribution >= 0.6 is 7.75 Å². The zero-order chi connectivity index (χ0) is 28.9. The van der Waals surface area contributed by atoms with Crippen molar-refractivity contribution in [1.82, 2.24) is 24.9 Å². The molecule has 214 valence electrons. The molecule has 4 N–H and O–H groups in total. The number of ether oxygens (including phenoxy) is 1.